The number of rotatable bonds is 2. The van der Waals surface area contributed by atoms with Gasteiger partial charge in [0, 0.05) is 13.0 Å². The van der Waals surface area contributed by atoms with E-state index in [-0.39, 0.29) is 12.0 Å². The number of hydrogen-bond acceptors (Lipinski definition) is 2. The van der Waals surface area contributed by atoms with Gasteiger partial charge >= 0.3 is 0 Å². The molecule has 0 amide bonds. The first-order valence-corrected chi connectivity index (χ1v) is 3.53. The van der Waals surface area contributed by atoms with Gasteiger partial charge in [-0.2, -0.15) is 0 Å². The predicted molar refractivity (Wildman–Crippen MR) is 38.7 cm³/mol. The van der Waals surface area contributed by atoms with Crippen molar-refractivity contribution in [1.29, 1.82) is 0 Å². The first kappa shape index (κ1) is 7.48. The molecule has 2 heteroatoms. The summed E-state index contributed by atoms with van der Waals surface area (Å²) in [6.45, 7) is 0. The van der Waals surface area contributed by atoms with Gasteiger partial charge in [-0.25, -0.2) is 0 Å². The van der Waals surface area contributed by atoms with Crippen LogP contribution in [0.5, 0.6) is 0 Å². The zero-order valence-electron chi connectivity index (χ0n) is 6.12. The van der Waals surface area contributed by atoms with Crippen molar-refractivity contribution in [2.24, 2.45) is 5.92 Å². The molecule has 0 N–H and O–H groups in total. The number of ether oxygens (including phenoxy) is 1. The maximum absolute atomic E-state index is 10.4. The molecular weight excluding hydrogens is 128 g/mol. The quantitative estimate of drug-likeness (QED) is 0.425. The van der Waals surface area contributed by atoms with E-state index in [9.17, 15) is 4.79 Å². The molecule has 0 radical (unpaired) electrons. The molecule has 10 heavy (non-hydrogen) atoms. The van der Waals surface area contributed by atoms with Crippen molar-refractivity contribution >= 4 is 6.29 Å². The Bertz CT molecular complexity index is 140. The molecule has 0 heterocycles. The van der Waals surface area contributed by atoms with Crippen LogP contribution in [0, 0.1) is 5.92 Å². The number of aldehydes is 1. The van der Waals surface area contributed by atoms with Crippen LogP contribution >= 0.6 is 0 Å². The van der Waals surface area contributed by atoms with E-state index >= 15 is 0 Å². The highest BCUT2D eigenvalue weighted by Gasteiger charge is 2.19. The third kappa shape index (κ3) is 1.45. The first-order chi connectivity index (χ1) is 4.88. The Morgan fingerprint density at radius 2 is 2.50 bits per heavy atom. The summed E-state index contributed by atoms with van der Waals surface area (Å²) in [5.41, 5.74) is 0. The summed E-state index contributed by atoms with van der Waals surface area (Å²) in [6.07, 6.45) is 6.96. The Labute approximate surface area is 60.9 Å². The summed E-state index contributed by atoms with van der Waals surface area (Å²) in [7, 11) is 1.64. The van der Waals surface area contributed by atoms with Gasteiger partial charge in [-0.3, -0.25) is 0 Å². The summed E-state index contributed by atoms with van der Waals surface area (Å²) < 4.78 is 5.08. The molecule has 1 aliphatic carbocycles. The molecule has 0 aliphatic heterocycles. The lowest BCUT2D eigenvalue weighted by atomic mass is 9.93. The van der Waals surface area contributed by atoms with Gasteiger partial charge in [0.05, 0.1) is 6.10 Å². The van der Waals surface area contributed by atoms with Crippen molar-refractivity contribution < 1.29 is 9.53 Å². The highest BCUT2D eigenvalue weighted by atomic mass is 16.5. The SMILES string of the molecule is CO[C@H]1C=CCC[C@H]1C=O. The fourth-order valence-corrected chi connectivity index (χ4v) is 1.22. The van der Waals surface area contributed by atoms with Crippen molar-refractivity contribution in [3.8, 4) is 0 Å². The first-order valence-electron chi connectivity index (χ1n) is 3.53. The minimum atomic E-state index is 0.0197. The lowest BCUT2D eigenvalue weighted by Crippen LogP contribution is -2.24. The summed E-state index contributed by atoms with van der Waals surface area (Å²) in [5.74, 6) is 0.0787. The Morgan fingerprint density at radius 3 is 3.00 bits per heavy atom. The van der Waals surface area contributed by atoms with Crippen LogP contribution in [0.4, 0.5) is 0 Å². The molecule has 0 bridgehead atoms. The van der Waals surface area contributed by atoms with Crippen LogP contribution < -0.4 is 0 Å². The van der Waals surface area contributed by atoms with Crippen molar-refractivity contribution in [3.63, 3.8) is 0 Å². The van der Waals surface area contributed by atoms with Crippen LogP contribution in [0.2, 0.25) is 0 Å². The van der Waals surface area contributed by atoms with Crippen molar-refractivity contribution in [2.45, 2.75) is 18.9 Å². The predicted octanol–water partition coefficient (Wildman–Crippen LogP) is 1.17. The number of hydrogen-bond donors (Lipinski definition) is 0. The van der Waals surface area contributed by atoms with Crippen molar-refractivity contribution in [3.05, 3.63) is 12.2 Å². The van der Waals surface area contributed by atoms with E-state index in [4.69, 9.17) is 4.74 Å². The highest BCUT2D eigenvalue weighted by molar-refractivity contribution is 5.55. The van der Waals surface area contributed by atoms with Crippen LogP contribution in [-0.4, -0.2) is 19.5 Å². The maximum Gasteiger partial charge on any atom is 0.126 e. The van der Waals surface area contributed by atoms with Gasteiger partial charge < -0.3 is 9.53 Å². The second-order valence-electron chi connectivity index (χ2n) is 2.51. The van der Waals surface area contributed by atoms with Gasteiger partial charge in [-0.1, -0.05) is 12.2 Å². The minimum Gasteiger partial charge on any atom is -0.377 e. The fraction of sp³-hybridized carbons (Fsp3) is 0.625. The van der Waals surface area contributed by atoms with Crippen molar-refractivity contribution in [1.82, 2.24) is 0 Å². The minimum absolute atomic E-state index is 0.0197. The molecule has 0 aromatic rings. The lowest BCUT2D eigenvalue weighted by molar-refractivity contribution is -0.114. The largest absolute Gasteiger partial charge is 0.377 e. The van der Waals surface area contributed by atoms with Crippen molar-refractivity contribution in [2.75, 3.05) is 7.11 Å². The number of methoxy groups -OCH3 is 1. The van der Waals surface area contributed by atoms with E-state index in [1.807, 2.05) is 6.08 Å². The van der Waals surface area contributed by atoms with Crippen LogP contribution in [0.3, 0.4) is 0 Å². The maximum atomic E-state index is 10.4. The van der Waals surface area contributed by atoms with Gasteiger partial charge in [0.2, 0.25) is 0 Å². The number of carbonyl (C=O) groups excluding carboxylic acids is 1. The van der Waals surface area contributed by atoms with Gasteiger partial charge in [0.15, 0.2) is 0 Å². The normalized spacial score (nSPS) is 32.1. The Kier molecular flexibility index (Phi) is 2.63. The number of carbonyl (C=O) groups is 1. The van der Waals surface area contributed by atoms with E-state index in [1.54, 1.807) is 7.11 Å². The summed E-state index contributed by atoms with van der Waals surface area (Å²) in [6, 6.07) is 0. The molecular formula is C8H12O2. The third-order valence-corrected chi connectivity index (χ3v) is 1.86. The molecule has 1 rings (SSSR count). The monoisotopic (exact) mass is 140 g/mol. The summed E-state index contributed by atoms with van der Waals surface area (Å²) in [4.78, 5) is 10.4. The molecule has 0 spiro atoms. The van der Waals surface area contributed by atoms with Crippen LogP contribution in [-0.2, 0) is 9.53 Å². The van der Waals surface area contributed by atoms with E-state index in [0.29, 0.717) is 0 Å². The Morgan fingerprint density at radius 1 is 1.70 bits per heavy atom. The average Bonchev–Trinajstić information content (AvgIpc) is 2.04. The van der Waals surface area contributed by atoms with Crippen LogP contribution in [0.25, 0.3) is 0 Å². The lowest BCUT2D eigenvalue weighted by Gasteiger charge is -2.20. The third-order valence-electron chi connectivity index (χ3n) is 1.86. The van der Waals surface area contributed by atoms with E-state index < -0.39 is 0 Å². The smallest absolute Gasteiger partial charge is 0.126 e. The molecule has 0 fully saturated rings. The zero-order valence-corrected chi connectivity index (χ0v) is 6.12. The van der Waals surface area contributed by atoms with Crippen LogP contribution in [0.1, 0.15) is 12.8 Å². The summed E-state index contributed by atoms with van der Waals surface area (Å²) >= 11 is 0. The van der Waals surface area contributed by atoms with Gasteiger partial charge in [-0.15, -0.1) is 0 Å². The Balaban J connectivity index is 2.55. The molecule has 2 nitrogen and oxygen atoms in total. The molecule has 0 unspecified atom stereocenters. The molecule has 56 valence electrons. The molecule has 0 saturated carbocycles. The molecule has 1 aliphatic rings. The average molecular weight is 140 g/mol. The van der Waals surface area contributed by atoms with E-state index in [0.717, 1.165) is 19.1 Å². The topological polar surface area (TPSA) is 26.3 Å². The highest BCUT2D eigenvalue weighted by Crippen LogP contribution is 2.18. The second kappa shape index (κ2) is 3.52. The molecule has 0 aromatic carbocycles. The van der Waals surface area contributed by atoms with Gasteiger partial charge in [-0.05, 0) is 12.8 Å². The second-order valence-corrected chi connectivity index (χ2v) is 2.51. The Hall–Kier alpha value is -0.630. The van der Waals surface area contributed by atoms with Crippen LogP contribution in [0.15, 0.2) is 12.2 Å². The van der Waals surface area contributed by atoms with E-state index in [1.165, 1.54) is 0 Å². The summed E-state index contributed by atoms with van der Waals surface area (Å²) in [5, 5.41) is 0. The van der Waals surface area contributed by atoms with Gasteiger partial charge in [0.1, 0.15) is 6.29 Å². The fourth-order valence-electron chi connectivity index (χ4n) is 1.22. The van der Waals surface area contributed by atoms with E-state index in [2.05, 4.69) is 6.08 Å². The molecule has 2 atom stereocenters. The molecule has 0 aromatic heterocycles. The number of allylic oxidation sites excluding steroid dienone is 1. The zero-order chi connectivity index (χ0) is 7.40. The van der Waals surface area contributed by atoms with Gasteiger partial charge in [0.25, 0.3) is 0 Å². The molecule has 0 saturated heterocycles. The standard InChI is InChI=1S/C8H12O2/c1-10-8-5-3-2-4-7(8)6-9/h3,5-8H,2,4H2,1H3/t7-,8-/m0/s1.